The highest BCUT2D eigenvalue weighted by Crippen LogP contribution is 2.34. The fourth-order valence-electron chi connectivity index (χ4n) is 2.03. The summed E-state index contributed by atoms with van der Waals surface area (Å²) < 4.78 is 45.6. The van der Waals surface area contributed by atoms with E-state index >= 15 is 0 Å². The first-order valence-corrected chi connectivity index (χ1v) is 7.87. The van der Waals surface area contributed by atoms with Gasteiger partial charge in [-0.2, -0.15) is 8.42 Å². The lowest BCUT2D eigenvalue weighted by Crippen LogP contribution is -2.03. The smallest absolute Gasteiger partial charge is 0.295 e. The fourth-order valence-corrected chi connectivity index (χ4v) is 2.79. The van der Waals surface area contributed by atoms with Gasteiger partial charge in [0.05, 0.1) is 9.82 Å². The Morgan fingerprint density at radius 2 is 2.00 bits per heavy atom. The maximum atomic E-state index is 13.8. The molecule has 0 radical (unpaired) electrons. The summed E-state index contributed by atoms with van der Waals surface area (Å²) in [5.74, 6) is -0.833. The van der Waals surface area contributed by atoms with Crippen LogP contribution in [0.15, 0.2) is 40.2 Å². The lowest BCUT2D eigenvalue weighted by Gasteiger charge is -2.10. The van der Waals surface area contributed by atoms with Gasteiger partial charge in [0.2, 0.25) is 0 Å². The van der Waals surface area contributed by atoms with E-state index < -0.39 is 26.5 Å². The molecule has 0 saturated carbocycles. The van der Waals surface area contributed by atoms with Gasteiger partial charge >= 0.3 is 0 Å². The number of nitro groups is 1. The topological polar surface area (TPSA) is 122 Å². The van der Waals surface area contributed by atoms with Gasteiger partial charge in [0.25, 0.3) is 15.8 Å². The van der Waals surface area contributed by atoms with Gasteiger partial charge in [0.1, 0.15) is 11.4 Å². The quantitative estimate of drug-likeness (QED) is 0.368. The number of hydrogen-bond donors (Lipinski definition) is 2. The van der Waals surface area contributed by atoms with E-state index in [1.54, 1.807) is 0 Å². The molecule has 2 N–H and O–H groups in total. The molecule has 0 heterocycles. The Morgan fingerprint density at radius 3 is 2.54 bits per heavy atom. The first kappa shape index (κ1) is 17.5. The summed E-state index contributed by atoms with van der Waals surface area (Å²) >= 11 is 0. The normalized spacial score (nSPS) is 11.1. The zero-order chi connectivity index (χ0) is 18.1. The monoisotopic (exact) mass is 353 g/mol. The predicted molar refractivity (Wildman–Crippen MR) is 86.5 cm³/mol. The molecule has 0 amide bonds. The number of hydrogen-bond acceptors (Lipinski definition) is 6. The second kappa shape index (κ2) is 6.34. The standard InChI is InChI=1S/C14H12FN3O5S/c1-8-3-4-9(5-14(8)24(21,22)23)17-12-6-10(15)11(16-2)7-13(12)18(19)20/h3-7,17H,2H2,1H3,(H,21,22,23). The molecule has 2 aromatic carbocycles. The minimum absolute atomic E-state index is 0.120. The van der Waals surface area contributed by atoms with E-state index in [-0.39, 0.29) is 27.5 Å². The SMILES string of the molecule is C=Nc1cc([N+](=O)[O-])c(Nc2ccc(C)c(S(=O)(=O)O)c2)cc1F. The number of benzene rings is 2. The third-order valence-corrected chi connectivity index (χ3v) is 4.17. The third kappa shape index (κ3) is 3.55. The van der Waals surface area contributed by atoms with Crippen molar-refractivity contribution in [1.82, 2.24) is 0 Å². The second-order valence-electron chi connectivity index (χ2n) is 4.82. The molecule has 0 saturated heterocycles. The van der Waals surface area contributed by atoms with Crippen molar-refractivity contribution in [2.24, 2.45) is 4.99 Å². The third-order valence-electron chi connectivity index (χ3n) is 3.18. The average molecular weight is 353 g/mol. The lowest BCUT2D eigenvalue weighted by atomic mass is 10.2. The van der Waals surface area contributed by atoms with E-state index in [0.717, 1.165) is 18.2 Å². The van der Waals surface area contributed by atoms with Crippen LogP contribution in [0.2, 0.25) is 0 Å². The summed E-state index contributed by atoms with van der Waals surface area (Å²) in [5.41, 5.74) is -0.539. The average Bonchev–Trinajstić information content (AvgIpc) is 2.48. The molecular weight excluding hydrogens is 341 g/mol. The van der Waals surface area contributed by atoms with Crippen molar-refractivity contribution in [3.05, 3.63) is 51.8 Å². The molecule has 0 bridgehead atoms. The van der Waals surface area contributed by atoms with Crippen LogP contribution in [0, 0.1) is 22.9 Å². The van der Waals surface area contributed by atoms with E-state index in [1.165, 1.54) is 19.1 Å². The molecule has 0 aromatic heterocycles. The van der Waals surface area contributed by atoms with E-state index in [9.17, 15) is 27.5 Å². The Hall–Kier alpha value is -2.85. The molecule has 0 spiro atoms. The van der Waals surface area contributed by atoms with E-state index in [0.29, 0.717) is 0 Å². The van der Waals surface area contributed by atoms with Crippen molar-refractivity contribution in [1.29, 1.82) is 0 Å². The van der Waals surface area contributed by atoms with Crippen LogP contribution in [0.1, 0.15) is 5.56 Å². The zero-order valence-corrected chi connectivity index (χ0v) is 13.2. The number of rotatable bonds is 5. The first-order chi connectivity index (χ1) is 11.1. The summed E-state index contributed by atoms with van der Waals surface area (Å²) in [6.45, 7) is 4.60. The van der Waals surface area contributed by atoms with Crippen LogP contribution in [-0.2, 0) is 10.1 Å². The van der Waals surface area contributed by atoms with E-state index in [2.05, 4.69) is 17.0 Å². The summed E-state index contributed by atoms with van der Waals surface area (Å²) in [7, 11) is -4.46. The first-order valence-electron chi connectivity index (χ1n) is 6.43. The summed E-state index contributed by atoms with van der Waals surface area (Å²) in [4.78, 5) is 13.4. The summed E-state index contributed by atoms with van der Waals surface area (Å²) in [6.07, 6.45) is 0. The molecule has 0 unspecified atom stereocenters. The Balaban J connectivity index is 2.54. The molecule has 8 nitrogen and oxygen atoms in total. The van der Waals surface area contributed by atoms with Gasteiger partial charge in [0.15, 0.2) is 5.82 Å². The molecule has 0 fully saturated rings. The van der Waals surface area contributed by atoms with Gasteiger partial charge < -0.3 is 5.32 Å². The molecule has 2 rings (SSSR count). The van der Waals surface area contributed by atoms with Crippen molar-refractivity contribution in [3.63, 3.8) is 0 Å². The highest BCUT2D eigenvalue weighted by molar-refractivity contribution is 7.85. The van der Waals surface area contributed by atoms with E-state index in [1.807, 2.05) is 0 Å². The van der Waals surface area contributed by atoms with Crippen molar-refractivity contribution < 1.29 is 22.3 Å². The zero-order valence-electron chi connectivity index (χ0n) is 12.4. The van der Waals surface area contributed by atoms with Gasteiger partial charge in [-0.05, 0) is 31.3 Å². The number of nitrogens with one attached hydrogen (secondary N) is 1. The Morgan fingerprint density at radius 1 is 1.33 bits per heavy atom. The van der Waals surface area contributed by atoms with Crippen molar-refractivity contribution in [3.8, 4) is 0 Å². The van der Waals surface area contributed by atoms with Crippen LogP contribution in [0.25, 0.3) is 0 Å². The van der Waals surface area contributed by atoms with Crippen LogP contribution in [0.5, 0.6) is 0 Å². The van der Waals surface area contributed by atoms with Crippen molar-refractivity contribution in [2.75, 3.05) is 5.32 Å². The number of nitro benzene ring substituents is 1. The van der Waals surface area contributed by atoms with Crippen LogP contribution in [0.4, 0.5) is 27.1 Å². The Labute approximate surface area is 136 Å². The number of aryl methyl sites for hydroxylation is 1. The molecule has 0 aliphatic heterocycles. The fraction of sp³-hybridized carbons (Fsp3) is 0.0714. The van der Waals surface area contributed by atoms with Gasteiger partial charge in [-0.3, -0.25) is 19.7 Å². The Kier molecular flexibility index (Phi) is 4.62. The van der Waals surface area contributed by atoms with Gasteiger partial charge in [-0.25, -0.2) is 4.39 Å². The van der Waals surface area contributed by atoms with Crippen molar-refractivity contribution in [2.45, 2.75) is 11.8 Å². The van der Waals surface area contributed by atoms with Gasteiger partial charge in [0, 0.05) is 17.8 Å². The maximum Gasteiger partial charge on any atom is 0.295 e. The van der Waals surface area contributed by atoms with Crippen LogP contribution in [0.3, 0.4) is 0 Å². The molecule has 24 heavy (non-hydrogen) atoms. The number of aliphatic imine (C=N–C) groups is 1. The molecule has 0 aliphatic rings. The Bertz CT molecular complexity index is 944. The van der Waals surface area contributed by atoms with E-state index in [4.69, 9.17) is 0 Å². The summed E-state index contributed by atoms with van der Waals surface area (Å²) in [6, 6.07) is 5.68. The molecular formula is C14H12FN3O5S. The van der Waals surface area contributed by atoms with Crippen molar-refractivity contribution >= 4 is 39.6 Å². The van der Waals surface area contributed by atoms with Crippen LogP contribution in [-0.4, -0.2) is 24.6 Å². The molecule has 0 aliphatic carbocycles. The molecule has 126 valence electrons. The molecule has 0 atom stereocenters. The van der Waals surface area contributed by atoms with Gasteiger partial charge in [-0.15, -0.1) is 0 Å². The summed E-state index contributed by atoms with van der Waals surface area (Å²) in [5, 5.41) is 13.7. The minimum Gasteiger partial charge on any atom is -0.350 e. The molecule has 10 heteroatoms. The van der Waals surface area contributed by atoms with Crippen LogP contribution >= 0.6 is 0 Å². The minimum atomic E-state index is -4.46. The predicted octanol–water partition coefficient (Wildman–Crippen LogP) is 3.36. The van der Waals surface area contributed by atoms with Crippen LogP contribution < -0.4 is 5.32 Å². The maximum absolute atomic E-state index is 13.8. The lowest BCUT2D eigenvalue weighted by molar-refractivity contribution is -0.383. The molecule has 2 aromatic rings. The number of nitrogens with zero attached hydrogens (tertiary/aromatic N) is 2. The highest BCUT2D eigenvalue weighted by Gasteiger charge is 2.20. The largest absolute Gasteiger partial charge is 0.350 e. The van der Waals surface area contributed by atoms with Gasteiger partial charge in [-0.1, -0.05) is 6.07 Å². The number of halogens is 1. The highest BCUT2D eigenvalue weighted by atomic mass is 32.2. The number of anilines is 2. The second-order valence-corrected chi connectivity index (χ2v) is 6.21.